The Balaban J connectivity index is 2.42. The van der Waals surface area contributed by atoms with Crippen molar-refractivity contribution in [2.24, 2.45) is 0 Å². The number of para-hydroxylation sites is 1. The molecule has 0 saturated heterocycles. The van der Waals surface area contributed by atoms with Crippen LogP contribution in [0.25, 0.3) is 0 Å². The SMILES string of the molecule is CC(C)NCCC(=O)NCc1ccccc1OC(F)F. The molecule has 1 amide bonds. The summed E-state index contributed by atoms with van der Waals surface area (Å²) in [5.74, 6) is -0.0481. The number of benzene rings is 1. The summed E-state index contributed by atoms with van der Waals surface area (Å²) in [6, 6.07) is 6.73. The second-order valence-electron chi connectivity index (χ2n) is 4.62. The zero-order chi connectivity index (χ0) is 15.0. The third kappa shape index (κ3) is 6.47. The van der Waals surface area contributed by atoms with Crippen LogP contribution in [0.1, 0.15) is 25.8 Å². The molecule has 0 fully saturated rings. The number of hydrogen-bond donors (Lipinski definition) is 2. The van der Waals surface area contributed by atoms with Gasteiger partial charge in [-0.3, -0.25) is 4.79 Å². The van der Waals surface area contributed by atoms with Crippen molar-refractivity contribution in [3.63, 3.8) is 0 Å². The maximum absolute atomic E-state index is 12.2. The average Bonchev–Trinajstić information content (AvgIpc) is 2.36. The van der Waals surface area contributed by atoms with Gasteiger partial charge in [-0.1, -0.05) is 32.0 Å². The van der Waals surface area contributed by atoms with E-state index < -0.39 is 6.61 Å². The number of nitrogens with one attached hydrogen (secondary N) is 2. The molecule has 112 valence electrons. The van der Waals surface area contributed by atoms with Gasteiger partial charge in [0.05, 0.1) is 0 Å². The van der Waals surface area contributed by atoms with Crippen LogP contribution in [-0.2, 0) is 11.3 Å². The van der Waals surface area contributed by atoms with E-state index in [0.717, 1.165) is 0 Å². The fourth-order valence-electron chi connectivity index (χ4n) is 1.62. The number of ether oxygens (including phenoxy) is 1. The third-order valence-corrected chi connectivity index (χ3v) is 2.57. The summed E-state index contributed by atoms with van der Waals surface area (Å²) < 4.78 is 28.8. The lowest BCUT2D eigenvalue weighted by atomic mass is 10.2. The van der Waals surface area contributed by atoms with Gasteiger partial charge in [-0.15, -0.1) is 0 Å². The zero-order valence-electron chi connectivity index (χ0n) is 11.7. The molecule has 0 heterocycles. The Morgan fingerprint density at radius 2 is 2.00 bits per heavy atom. The molecular formula is C14H20F2N2O2. The summed E-state index contributed by atoms with van der Waals surface area (Å²) in [5.41, 5.74) is 0.526. The van der Waals surface area contributed by atoms with Crippen LogP contribution in [0, 0.1) is 0 Å². The van der Waals surface area contributed by atoms with E-state index in [1.54, 1.807) is 18.2 Å². The third-order valence-electron chi connectivity index (χ3n) is 2.57. The molecule has 0 bridgehead atoms. The van der Waals surface area contributed by atoms with Crippen LogP contribution in [0.15, 0.2) is 24.3 Å². The highest BCUT2D eigenvalue weighted by Gasteiger charge is 2.10. The van der Waals surface area contributed by atoms with Crippen molar-refractivity contribution in [2.45, 2.75) is 39.5 Å². The molecule has 0 aliphatic rings. The van der Waals surface area contributed by atoms with Crippen LogP contribution < -0.4 is 15.4 Å². The van der Waals surface area contributed by atoms with Gasteiger partial charge >= 0.3 is 6.61 Å². The lowest BCUT2D eigenvalue weighted by Gasteiger charge is -2.12. The molecule has 20 heavy (non-hydrogen) atoms. The standard InChI is InChI=1S/C14H20F2N2O2/c1-10(2)17-8-7-13(19)18-9-11-5-3-4-6-12(11)20-14(15)16/h3-6,10,14,17H,7-9H2,1-2H3,(H,18,19). The molecule has 1 aromatic carbocycles. The number of carbonyl (C=O) groups excluding carboxylic acids is 1. The van der Waals surface area contributed by atoms with Crippen LogP contribution in [0.3, 0.4) is 0 Å². The predicted molar refractivity (Wildman–Crippen MR) is 72.7 cm³/mol. The smallest absolute Gasteiger partial charge is 0.387 e. The van der Waals surface area contributed by atoms with E-state index in [4.69, 9.17) is 0 Å². The lowest BCUT2D eigenvalue weighted by molar-refractivity contribution is -0.121. The van der Waals surface area contributed by atoms with Crippen molar-refractivity contribution >= 4 is 5.91 Å². The maximum atomic E-state index is 12.2. The van der Waals surface area contributed by atoms with Gasteiger partial charge in [0.25, 0.3) is 0 Å². The second-order valence-corrected chi connectivity index (χ2v) is 4.62. The van der Waals surface area contributed by atoms with Crippen molar-refractivity contribution in [2.75, 3.05) is 6.54 Å². The van der Waals surface area contributed by atoms with Crippen LogP contribution in [-0.4, -0.2) is 25.1 Å². The monoisotopic (exact) mass is 286 g/mol. The molecule has 1 aromatic rings. The molecule has 0 saturated carbocycles. The van der Waals surface area contributed by atoms with Gasteiger partial charge < -0.3 is 15.4 Å². The van der Waals surface area contributed by atoms with E-state index in [1.807, 2.05) is 13.8 Å². The van der Waals surface area contributed by atoms with Gasteiger partial charge in [0.1, 0.15) is 5.75 Å². The first kappa shape index (κ1) is 16.4. The maximum Gasteiger partial charge on any atom is 0.387 e. The molecule has 1 rings (SSSR count). The molecule has 0 aliphatic carbocycles. The quantitative estimate of drug-likeness (QED) is 0.771. The Labute approximate surface area is 117 Å². The van der Waals surface area contributed by atoms with E-state index in [9.17, 15) is 13.6 Å². The largest absolute Gasteiger partial charge is 0.434 e. The van der Waals surface area contributed by atoms with Crippen molar-refractivity contribution in [3.05, 3.63) is 29.8 Å². The van der Waals surface area contributed by atoms with E-state index in [-0.39, 0.29) is 18.2 Å². The first-order valence-electron chi connectivity index (χ1n) is 6.52. The van der Waals surface area contributed by atoms with Gasteiger partial charge in [-0.05, 0) is 6.07 Å². The summed E-state index contributed by atoms with van der Waals surface area (Å²) >= 11 is 0. The van der Waals surface area contributed by atoms with Crippen molar-refractivity contribution in [1.82, 2.24) is 10.6 Å². The Bertz CT molecular complexity index is 425. The predicted octanol–water partition coefficient (Wildman–Crippen LogP) is 2.29. The molecule has 0 atom stereocenters. The van der Waals surface area contributed by atoms with E-state index in [0.29, 0.717) is 24.6 Å². The van der Waals surface area contributed by atoms with Gasteiger partial charge in [0, 0.05) is 31.1 Å². The zero-order valence-corrected chi connectivity index (χ0v) is 11.7. The number of hydrogen-bond acceptors (Lipinski definition) is 3. The molecular weight excluding hydrogens is 266 g/mol. The Morgan fingerprint density at radius 1 is 1.30 bits per heavy atom. The van der Waals surface area contributed by atoms with Crippen molar-refractivity contribution in [1.29, 1.82) is 0 Å². The molecule has 0 aliphatic heterocycles. The molecule has 6 heteroatoms. The van der Waals surface area contributed by atoms with Crippen LogP contribution >= 0.6 is 0 Å². The summed E-state index contributed by atoms with van der Waals surface area (Å²) in [5, 5.41) is 5.81. The Morgan fingerprint density at radius 3 is 2.65 bits per heavy atom. The number of halogens is 2. The molecule has 0 radical (unpaired) electrons. The Hall–Kier alpha value is -1.69. The normalized spacial score (nSPS) is 10.9. The highest BCUT2D eigenvalue weighted by atomic mass is 19.3. The van der Waals surface area contributed by atoms with Crippen LogP contribution in [0.5, 0.6) is 5.75 Å². The van der Waals surface area contributed by atoms with Crippen molar-refractivity contribution in [3.8, 4) is 5.75 Å². The first-order chi connectivity index (χ1) is 9.49. The van der Waals surface area contributed by atoms with E-state index in [1.165, 1.54) is 6.07 Å². The minimum atomic E-state index is -2.87. The minimum Gasteiger partial charge on any atom is -0.434 e. The fraction of sp³-hybridized carbons (Fsp3) is 0.500. The van der Waals surface area contributed by atoms with Crippen LogP contribution in [0.2, 0.25) is 0 Å². The van der Waals surface area contributed by atoms with Gasteiger partial charge in [-0.25, -0.2) is 0 Å². The lowest BCUT2D eigenvalue weighted by Crippen LogP contribution is -2.30. The number of alkyl halides is 2. The highest BCUT2D eigenvalue weighted by Crippen LogP contribution is 2.19. The fourth-order valence-corrected chi connectivity index (χ4v) is 1.62. The van der Waals surface area contributed by atoms with Crippen LogP contribution in [0.4, 0.5) is 8.78 Å². The first-order valence-corrected chi connectivity index (χ1v) is 6.52. The average molecular weight is 286 g/mol. The summed E-state index contributed by atoms with van der Waals surface area (Å²) in [4.78, 5) is 11.6. The molecule has 0 spiro atoms. The number of carbonyl (C=O) groups is 1. The van der Waals surface area contributed by atoms with Gasteiger partial charge in [-0.2, -0.15) is 8.78 Å². The highest BCUT2D eigenvalue weighted by molar-refractivity contribution is 5.76. The number of amides is 1. The molecule has 4 nitrogen and oxygen atoms in total. The van der Waals surface area contributed by atoms with Crippen molar-refractivity contribution < 1.29 is 18.3 Å². The van der Waals surface area contributed by atoms with E-state index >= 15 is 0 Å². The molecule has 2 N–H and O–H groups in total. The van der Waals surface area contributed by atoms with Gasteiger partial charge in [0.15, 0.2) is 0 Å². The number of rotatable bonds is 8. The minimum absolute atomic E-state index is 0.0862. The summed E-state index contributed by atoms with van der Waals surface area (Å²) in [7, 11) is 0. The molecule has 0 unspecified atom stereocenters. The topological polar surface area (TPSA) is 50.4 Å². The summed E-state index contributed by atoms with van der Waals surface area (Å²) in [6.45, 7) is 1.87. The Kier molecular flexibility index (Phi) is 6.93. The second kappa shape index (κ2) is 8.47. The van der Waals surface area contributed by atoms with Gasteiger partial charge in [0.2, 0.25) is 5.91 Å². The van der Waals surface area contributed by atoms with E-state index in [2.05, 4.69) is 15.4 Å². The summed E-state index contributed by atoms with van der Waals surface area (Å²) in [6.07, 6.45) is 0.343. The molecule has 0 aromatic heterocycles.